The predicted octanol–water partition coefficient (Wildman–Crippen LogP) is 4.12. The molecule has 1 saturated heterocycles. The molecule has 24 heavy (non-hydrogen) atoms. The molecule has 0 saturated carbocycles. The monoisotopic (exact) mass is 321 g/mol. The van der Waals surface area contributed by atoms with Crippen LogP contribution in [0.1, 0.15) is 29.7 Å². The predicted molar refractivity (Wildman–Crippen MR) is 92.2 cm³/mol. The summed E-state index contributed by atoms with van der Waals surface area (Å²) in [5.74, 6) is -0.369. The lowest BCUT2D eigenvalue weighted by atomic mass is 10.0. The Hall–Kier alpha value is -2.88. The molecule has 1 aliphatic rings. The van der Waals surface area contributed by atoms with Gasteiger partial charge in [0.1, 0.15) is 6.10 Å². The van der Waals surface area contributed by atoms with Gasteiger partial charge in [0.2, 0.25) is 0 Å². The average Bonchev–Trinajstić information content (AvgIpc) is 2.89. The third-order valence-electron chi connectivity index (χ3n) is 4.13. The summed E-state index contributed by atoms with van der Waals surface area (Å²) >= 11 is 0. The number of aryl methyl sites for hydroxylation is 1. The zero-order valence-electron chi connectivity index (χ0n) is 13.7. The van der Waals surface area contributed by atoms with Crippen molar-refractivity contribution in [1.82, 2.24) is 4.90 Å². The van der Waals surface area contributed by atoms with E-state index in [-0.39, 0.29) is 11.9 Å². The van der Waals surface area contributed by atoms with Gasteiger partial charge in [0.25, 0.3) is 5.91 Å². The molecule has 2 atom stereocenters. The van der Waals surface area contributed by atoms with Crippen LogP contribution in [0.4, 0.5) is 4.79 Å². The van der Waals surface area contributed by atoms with Crippen LogP contribution in [0.2, 0.25) is 0 Å². The molecular formula is C20H19NO3. The van der Waals surface area contributed by atoms with Crippen molar-refractivity contribution in [3.8, 4) is 0 Å². The lowest BCUT2D eigenvalue weighted by Gasteiger charge is -2.17. The minimum atomic E-state index is -0.602. The summed E-state index contributed by atoms with van der Waals surface area (Å²) in [4.78, 5) is 25.7. The molecule has 122 valence electrons. The number of hydrogen-bond donors (Lipinski definition) is 0. The Morgan fingerprint density at radius 3 is 2.42 bits per heavy atom. The van der Waals surface area contributed by atoms with E-state index in [1.54, 1.807) is 6.08 Å². The van der Waals surface area contributed by atoms with Gasteiger partial charge in [-0.2, -0.15) is 0 Å². The first-order chi connectivity index (χ1) is 11.6. The Morgan fingerprint density at radius 1 is 1.08 bits per heavy atom. The van der Waals surface area contributed by atoms with E-state index < -0.39 is 12.2 Å². The van der Waals surface area contributed by atoms with Crippen LogP contribution >= 0.6 is 0 Å². The van der Waals surface area contributed by atoms with Crippen molar-refractivity contribution in [2.75, 3.05) is 0 Å². The molecule has 0 unspecified atom stereocenters. The second-order valence-electron chi connectivity index (χ2n) is 5.91. The number of rotatable bonds is 3. The van der Waals surface area contributed by atoms with Gasteiger partial charge in [0.15, 0.2) is 0 Å². The first kappa shape index (κ1) is 16.0. The second kappa shape index (κ2) is 6.71. The number of cyclic esters (lactones) is 1. The smallest absolute Gasteiger partial charge is 0.417 e. The molecule has 2 aromatic rings. The molecule has 2 aromatic carbocycles. The van der Waals surface area contributed by atoms with Gasteiger partial charge in [-0.3, -0.25) is 4.79 Å². The lowest BCUT2D eigenvalue weighted by Crippen LogP contribution is -2.36. The third-order valence-corrected chi connectivity index (χ3v) is 4.13. The fourth-order valence-electron chi connectivity index (χ4n) is 2.77. The summed E-state index contributed by atoms with van der Waals surface area (Å²) in [5, 5.41) is 0. The Kier molecular flexibility index (Phi) is 4.47. The molecule has 0 bridgehead atoms. The minimum Gasteiger partial charge on any atom is -0.439 e. The molecule has 4 nitrogen and oxygen atoms in total. The molecule has 0 aromatic heterocycles. The van der Waals surface area contributed by atoms with Crippen LogP contribution in [0.3, 0.4) is 0 Å². The van der Waals surface area contributed by atoms with Crippen molar-refractivity contribution in [2.45, 2.75) is 26.0 Å². The second-order valence-corrected chi connectivity index (χ2v) is 5.91. The number of carbonyl (C=O) groups is 2. The maximum absolute atomic E-state index is 12.4. The van der Waals surface area contributed by atoms with Gasteiger partial charge in [-0.1, -0.05) is 60.2 Å². The van der Waals surface area contributed by atoms with Gasteiger partial charge in [0, 0.05) is 6.08 Å². The lowest BCUT2D eigenvalue weighted by molar-refractivity contribution is -0.124. The summed E-state index contributed by atoms with van der Waals surface area (Å²) in [6.45, 7) is 3.82. The highest BCUT2D eigenvalue weighted by Crippen LogP contribution is 2.32. The first-order valence-electron chi connectivity index (χ1n) is 7.90. The average molecular weight is 321 g/mol. The molecular weight excluding hydrogens is 302 g/mol. The van der Waals surface area contributed by atoms with E-state index in [1.807, 2.05) is 68.4 Å². The van der Waals surface area contributed by atoms with E-state index in [0.29, 0.717) is 0 Å². The van der Waals surface area contributed by atoms with Crippen molar-refractivity contribution in [3.63, 3.8) is 0 Å². The van der Waals surface area contributed by atoms with Gasteiger partial charge < -0.3 is 4.74 Å². The van der Waals surface area contributed by atoms with Crippen molar-refractivity contribution < 1.29 is 14.3 Å². The molecule has 0 spiro atoms. The molecule has 2 amide bonds. The number of imide groups is 1. The van der Waals surface area contributed by atoms with Gasteiger partial charge >= 0.3 is 6.09 Å². The zero-order chi connectivity index (χ0) is 17.1. The van der Waals surface area contributed by atoms with Crippen molar-refractivity contribution in [3.05, 3.63) is 77.4 Å². The normalized spacial score (nSPS) is 20.4. The minimum absolute atomic E-state index is 0.352. The van der Waals surface area contributed by atoms with Crippen molar-refractivity contribution in [1.29, 1.82) is 0 Å². The SMILES string of the molecule is Cc1ccc(/C=C/C(=O)N2C(=O)O[C@H](c3ccccc3)[C@H]2C)cc1. The highest BCUT2D eigenvalue weighted by atomic mass is 16.6. The summed E-state index contributed by atoms with van der Waals surface area (Å²) in [5.41, 5.74) is 2.95. The standard InChI is InChI=1S/C20H19NO3/c1-14-8-10-16(11-9-14)12-13-18(22)21-15(2)19(24-20(21)23)17-6-4-3-5-7-17/h3-13,15,19H,1-2H3/b13-12+/t15-,19+/m1/s1. The van der Waals surface area contributed by atoms with Crippen LogP contribution in [-0.4, -0.2) is 22.9 Å². The maximum atomic E-state index is 12.4. The van der Waals surface area contributed by atoms with E-state index in [4.69, 9.17) is 4.74 Å². The van der Waals surface area contributed by atoms with Crippen molar-refractivity contribution in [2.24, 2.45) is 0 Å². The zero-order valence-corrected chi connectivity index (χ0v) is 13.7. The van der Waals surface area contributed by atoms with Gasteiger partial charge in [-0.15, -0.1) is 0 Å². The maximum Gasteiger partial charge on any atom is 0.417 e. The van der Waals surface area contributed by atoms with Gasteiger partial charge in [-0.05, 0) is 31.1 Å². The first-order valence-corrected chi connectivity index (χ1v) is 7.90. The summed E-state index contributed by atoms with van der Waals surface area (Å²) < 4.78 is 5.39. The quantitative estimate of drug-likeness (QED) is 0.799. The van der Waals surface area contributed by atoms with E-state index in [2.05, 4.69) is 0 Å². The Morgan fingerprint density at radius 2 is 1.75 bits per heavy atom. The number of benzene rings is 2. The van der Waals surface area contributed by atoms with Crippen LogP contribution in [-0.2, 0) is 9.53 Å². The van der Waals surface area contributed by atoms with E-state index >= 15 is 0 Å². The molecule has 4 heteroatoms. The van der Waals surface area contributed by atoms with Crippen LogP contribution in [0, 0.1) is 6.92 Å². The fourth-order valence-corrected chi connectivity index (χ4v) is 2.77. The highest BCUT2D eigenvalue weighted by molar-refractivity contribution is 6.02. The topological polar surface area (TPSA) is 46.6 Å². The molecule has 3 rings (SSSR count). The number of amides is 2. The Balaban J connectivity index is 1.75. The van der Waals surface area contributed by atoms with E-state index in [0.717, 1.165) is 16.7 Å². The largest absolute Gasteiger partial charge is 0.439 e. The number of ether oxygens (including phenoxy) is 1. The summed E-state index contributed by atoms with van der Waals surface area (Å²) in [7, 11) is 0. The number of hydrogen-bond acceptors (Lipinski definition) is 3. The summed E-state index contributed by atoms with van der Waals surface area (Å²) in [6, 6.07) is 16.9. The highest BCUT2D eigenvalue weighted by Gasteiger charge is 2.42. The summed E-state index contributed by atoms with van der Waals surface area (Å²) in [6.07, 6.45) is 2.08. The van der Waals surface area contributed by atoms with Crippen LogP contribution in [0.25, 0.3) is 6.08 Å². The van der Waals surface area contributed by atoms with Crippen LogP contribution < -0.4 is 0 Å². The van der Waals surface area contributed by atoms with Crippen molar-refractivity contribution >= 4 is 18.1 Å². The fraction of sp³-hybridized carbons (Fsp3) is 0.200. The molecule has 1 fully saturated rings. The molecule has 0 N–H and O–H groups in total. The van der Waals surface area contributed by atoms with Crippen LogP contribution in [0.5, 0.6) is 0 Å². The van der Waals surface area contributed by atoms with Gasteiger partial charge in [-0.25, -0.2) is 9.69 Å². The van der Waals surface area contributed by atoms with Crippen LogP contribution in [0.15, 0.2) is 60.7 Å². The number of carbonyl (C=O) groups excluding carboxylic acids is 2. The number of nitrogens with zero attached hydrogens (tertiary/aromatic N) is 1. The molecule has 0 aliphatic carbocycles. The third kappa shape index (κ3) is 3.23. The molecule has 1 aliphatic heterocycles. The van der Waals surface area contributed by atoms with E-state index in [1.165, 1.54) is 11.0 Å². The Bertz CT molecular complexity index is 765. The molecule has 0 radical (unpaired) electrons. The van der Waals surface area contributed by atoms with E-state index in [9.17, 15) is 9.59 Å². The Labute approximate surface area is 141 Å². The van der Waals surface area contributed by atoms with Gasteiger partial charge in [0.05, 0.1) is 6.04 Å². The molecule has 1 heterocycles.